The summed E-state index contributed by atoms with van der Waals surface area (Å²) in [6.07, 6.45) is -0.676. The summed E-state index contributed by atoms with van der Waals surface area (Å²) in [6.45, 7) is 2.31. The van der Waals surface area contributed by atoms with Crippen molar-refractivity contribution in [2.24, 2.45) is 0 Å². The van der Waals surface area contributed by atoms with Crippen molar-refractivity contribution in [3.8, 4) is 28.7 Å². The summed E-state index contributed by atoms with van der Waals surface area (Å²) in [5, 5.41) is 2.91. The molecule has 2 amide bonds. The van der Waals surface area contributed by atoms with Gasteiger partial charge in [0.1, 0.15) is 5.75 Å². The minimum Gasteiger partial charge on any atom is -0.493 e. The number of methoxy groups -OCH3 is 4. The lowest BCUT2D eigenvalue weighted by Crippen LogP contribution is -2.37. The number of benzene rings is 3. The van der Waals surface area contributed by atoms with Crippen molar-refractivity contribution in [2.45, 2.75) is 26.1 Å². The fourth-order valence-corrected chi connectivity index (χ4v) is 4.28. The summed E-state index contributed by atoms with van der Waals surface area (Å²) < 4.78 is 27.4. The molecule has 0 saturated heterocycles. The molecule has 37 heavy (non-hydrogen) atoms. The number of fused-ring (bicyclic) bond motifs is 1. The summed E-state index contributed by atoms with van der Waals surface area (Å²) in [6, 6.07) is 15.8. The number of hydrogen-bond donors (Lipinski definition) is 1. The number of anilines is 1. The molecule has 1 atom stereocenters. The Labute approximate surface area is 215 Å². The molecule has 0 spiro atoms. The SMILES string of the molecule is COc1ccc(C(=O)Nc2ccc3c(c2)CN(Cc2cccc(OC)c2OC)C(=O)[C@@H](C)O3)cc1OC. The average Bonchev–Trinajstić information content (AvgIpc) is 3.03. The molecule has 0 radical (unpaired) electrons. The van der Waals surface area contributed by atoms with E-state index in [1.54, 1.807) is 62.4 Å². The van der Waals surface area contributed by atoms with Crippen LogP contribution >= 0.6 is 0 Å². The van der Waals surface area contributed by atoms with Crippen LogP contribution < -0.4 is 29.0 Å². The van der Waals surface area contributed by atoms with Gasteiger partial charge >= 0.3 is 0 Å². The van der Waals surface area contributed by atoms with Crippen molar-refractivity contribution in [1.82, 2.24) is 4.90 Å². The molecule has 1 heterocycles. The van der Waals surface area contributed by atoms with Gasteiger partial charge in [0, 0.05) is 35.5 Å². The number of para-hydroxylation sites is 1. The molecule has 194 valence electrons. The van der Waals surface area contributed by atoms with Crippen molar-refractivity contribution >= 4 is 17.5 Å². The molecule has 0 unspecified atom stereocenters. The molecule has 0 fully saturated rings. The smallest absolute Gasteiger partial charge is 0.263 e. The van der Waals surface area contributed by atoms with Gasteiger partial charge in [-0.2, -0.15) is 0 Å². The largest absolute Gasteiger partial charge is 0.493 e. The zero-order valence-electron chi connectivity index (χ0n) is 21.5. The molecule has 0 aliphatic carbocycles. The Morgan fingerprint density at radius 2 is 1.70 bits per heavy atom. The number of carbonyl (C=O) groups is 2. The van der Waals surface area contributed by atoms with Crippen LogP contribution in [0, 0.1) is 0 Å². The van der Waals surface area contributed by atoms with Gasteiger partial charge < -0.3 is 33.9 Å². The third kappa shape index (κ3) is 5.40. The molecule has 4 rings (SSSR count). The van der Waals surface area contributed by atoms with Crippen molar-refractivity contribution in [3.63, 3.8) is 0 Å². The van der Waals surface area contributed by atoms with Gasteiger partial charge in [-0.05, 0) is 49.4 Å². The highest BCUT2D eigenvalue weighted by atomic mass is 16.5. The quantitative estimate of drug-likeness (QED) is 0.487. The fraction of sp³-hybridized carbons (Fsp3) is 0.286. The first-order valence-electron chi connectivity index (χ1n) is 11.7. The Hall–Kier alpha value is -4.40. The van der Waals surface area contributed by atoms with Gasteiger partial charge in [0.15, 0.2) is 29.1 Å². The van der Waals surface area contributed by atoms with Crippen LogP contribution in [0.15, 0.2) is 54.6 Å². The average molecular weight is 507 g/mol. The molecule has 1 aliphatic rings. The van der Waals surface area contributed by atoms with E-state index in [9.17, 15) is 9.59 Å². The van der Waals surface area contributed by atoms with E-state index in [1.165, 1.54) is 14.2 Å². The Morgan fingerprint density at radius 3 is 2.41 bits per heavy atom. The Kier molecular flexibility index (Phi) is 7.71. The second kappa shape index (κ2) is 11.1. The van der Waals surface area contributed by atoms with Gasteiger partial charge in [0.2, 0.25) is 0 Å². The number of ether oxygens (including phenoxy) is 5. The van der Waals surface area contributed by atoms with Crippen LogP contribution in [0.2, 0.25) is 0 Å². The molecule has 9 heteroatoms. The van der Waals surface area contributed by atoms with Crippen molar-refractivity contribution in [1.29, 1.82) is 0 Å². The monoisotopic (exact) mass is 506 g/mol. The predicted octanol–water partition coefficient (Wildman–Crippen LogP) is 4.28. The van der Waals surface area contributed by atoms with Crippen LogP contribution in [-0.2, 0) is 17.9 Å². The molecule has 3 aromatic carbocycles. The Morgan fingerprint density at radius 1 is 0.946 bits per heavy atom. The van der Waals surface area contributed by atoms with Crippen LogP contribution in [0.5, 0.6) is 28.7 Å². The van der Waals surface area contributed by atoms with Crippen LogP contribution in [0.25, 0.3) is 0 Å². The summed E-state index contributed by atoms with van der Waals surface area (Å²) in [4.78, 5) is 27.8. The normalized spacial score (nSPS) is 14.7. The fourth-order valence-electron chi connectivity index (χ4n) is 4.28. The minimum atomic E-state index is -0.676. The first kappa shape index (κ1) is 25.7. The van der Waals surface area contributed by atoms with Crippen LogP contribution in [0.4, 0.5) is 5.69 Å². The molecule has 0 aromatic heterocycles. The number of amides is 2. The van der Waals surface area contributed by atoms with Crippen molar-refractivity contribution in [2.75, 3.05) is 33.8 Å². The molecule has 9 nitrogen and oxygen atoms in total. The first-order valence-corrected chi connectivity index (χ1v) is 11.7. The van der Waals surface area contributed by atoms with Crippen molar-refractivity contribution in [3.05, 3.63) is 71.3 Å². The number of hydrogen-bond acceptors (Lipinski definition) is 7. The lowest BCUT2D eigenvalue weighted by Gasteiger charge is -2.24. The topological polar surface area (TPSA) is 95.6 Å². The molecule has 1 N–H and O–H groups in total. The van der Waals surface area contributed by atoms with Gasteiger partial charge in [-0.3, -0.25) is 9.59 Å². The number of nitrogens with one attached hydrogen (secondary N) is 1. The zero-order valence-corrected chi connectivity index (χ0v) is 21.5. The Bertz CT molecular complexity index is 1310. The van der Waals surface area contributed by atoms with E-state index in [-0.39, 0.29) is 11.8 Å². The van der Waals surface area contributed by atoms with Gasteiger partial charge in [-0.25, -0.2) is 0 Å². The first-order chi connectivity index (χ1) is 17.9. The van der Waals surface area contributed by atoms with E-state index in [1.807, 2.05) is 18.2 Å². The summed E-state index contributed by atoms with van der Waals surface area (Å²) in [7, 11) is 6.19. The third-order valence-electron chi connectivity index (χ3n) is 6.13. The van der Waals surface area contributed by atoms with E-state index >= 15 is 0 Å². The standard InChI is InChI=1S/C28H30N2O7/c1-17-28(32)30(15-19-7-6-8-24(34-3)26(19)36-5)16-20-13-21(10-12-22(20)37-17)29-27(31)18-9-11-23(33-2)25(14-18)35-4/h6-14,17H,15-16H2,1-5H3,(H,29,31)/t17-/m1/s1. The molecular weight excluding hydrogens is 476 g/mol. The van der Waals surface area contributed by atoms with Gasteiger partial charge in [0.05, 0.1) is 28.4 Å². The molecule has 0 bridgehead atoms. The second-order valence-electron chi connectivity index (χ2n) is 8.45. The summed E-state index contributed by atoms with van der Waals surface area (Å²) in [5.74, 6) is 2.29. The maximum absolute atomic E-state index is 13.2. The second-order valence-corrected chi connectivity index (χ2v) is 8.45. The third-order valence-corrected chi connectivity index (χ3v) is 6.13. The highest BCUT2D eigenvalue weighted by molar-refractivity contribution is 6.04. The van der Waals surface area contributed by atoms with Gasteiger partial charge in [-0.1, -0.05) is 12.1 Å². The number of nitrogens with zero attached hydrogens (tertiary/aromatic N) is 1. The van der Waals surface area contributed by atoms with Crippen LogP contribution in [-0.4, -0.2) is 51.3 Å². The maximum Gasteiger partial charge on any atom is 0.263 e. The number of carbonyl (C=O) groups excluding carboxylic acids is 2. The molecular formula is C28H30N2O7. The van der Waals surface area contributed by atoms with E-state index in [0.717, 1.165) is 11.1 Å². The van der Waals surface area contributed by atoms with Crippen LogP contribution in [0.1, 0.15) is 28.4 Å². The van der Waals surface area contributed by atoms with E-state index in [2.05, 4.69) is 5.32 Å². The zero-order chi connectivity index (χ0) is 26.5. The van der Waals surface area contributed by atoms with Gasteiger partial charge in [-0.15, -0.1) is 0 Å². The summed E-state index contributed by atoms with van der Waals surface area (Å²) in [5.41, 5.74) is 2.57. The van der Waals surface area contributed by atoms with E-state index in [4.69, 9.17) is 23.7 Å². The Balaban J connectivity index is 1.58. The van der Waals surface area contributed by atoms with Gasteiger partial charge in [0.25, 0.3) is 11.8 Å². The highest BCUT2D eigenvalue weighted by Gasteiger charge is 2.29. The van der Waals surface area contributed by atoms with E-state index < -0.39 is 6.10 Å². The lowest BCUT2D eigenvalue weighted by atomic mass is 10.1. The molecule has 0 saturated carbocycles. The lowest BCUT2D eigenvalue weighted by molar-refractivity contribution is -0.138. The number of rotatable bonds is 8. The van der Waals surface area contributed by atoms with Crippen molar-refractivity contribution < 1.29 is 33.3 Å². The predicted molar refractivity (Wildman–Crippen MR) is 138 cm³/mol. The van der Waals surface area contributed by atoms with Crippen LogP contribution in [0.3, 0.4) is 0 Å². The molecule has 3 aromatic rings. The molecule has 1 aliphatic heterocycles. The minimum absolute atomic E-state index is 0.156. The maximum atomic E-state index is 13.2. The summed E-state index contributed by atoms with van der Waals surface area (Å²) >= 11 is 0. The highest BCUT2D eigenvalue weighted by Crippen LogP contribution is 2.34. The van der Waals surface area contributed by atoms with E-state index in [0.29, 0.717) is 53.1 Å².